The Balaban J connectivity index is 0.000000247. The molecule has 17 heavy (non-hydrogen) atoms. The van der Waals surface area contributed by atoms with Crippen LogP contribution in [0.5, 0.6) is 0 Å². The fourth-order valence-electron chi connectivity index (χ4n) is 0.956. The summed E-state index contributed by atoms with van der Waals surface area (Å²) < 4.78 is 0. The molecular weight excluding hydrogens is 513 g/mol. The zero-order valence-electron chi connectivity index (χ0n) is 9.44. The van der Waals surface area contributed by atoms with E-state index in [0.717, 1.165) is 11.1 Å². The van der Waals surface area contributed by atoms with Gasteiger partial charge in [0, 0.05) is 0 Å². The summed E-state index contributed by atoms with van der Waals surface area (Å²) in [6.07, 6.45) is 0. The average Bonchev–Trinajstić information content (AvgIpc) is 2.33. The first-order chi connectivity index (χ1) is 8.20. The molecule has 2 rings (SSSR count). The van der Waals surface area contributed by atoms with Gasteiger partial charge in [0.1, 0.15) is 0 Å². The van der Waals surface area contributed by atoms with Gasteiger partial charge >= 0.3 is 50.9 Å². The number of hydrogen-bond donors (Lipinski definition) is 0. The van der Waals surface area contributed by atoms with E-state index in [1.807, 2.05) is 60.7 Å². The van der Waals surface area contributed by atoms with Crippen LogP contribution in [0.4, 0.5) is 0 Å². The third-order valence-corrected chi connectivity index (χ3v) is 1.69. The van der Waals surface area contributed by atoms with Gasteiger partial charge in [0.25, 0.3) is 0 Å². The molecule has 0 bridgehead atoms. The molecule has 0 saturated carbocycles. The molecule has 0 saturated heterocycles. The Morgan fingerprint density at radius 3 is 1.00 bits per heavy atom. The first kappa shape index (κ1) is 17.5. The summed E-state index contributed by atoms with van der Waals surface area (Å²) in [5.41, 5.74) is 2.14. The first-order valence-electron chi connectivity index (χ1n) is 4.91. The van der Waals surface area contributed by atoms with Crippen LogP contribution >= 0.6 is 36.1 Å². The summed E-state index contributed by atoms with van der Waals surface area (Å²) in [5, 5.41) is 0. The molecule has 3 heteroatoms. The van der Waals surface area contributed by atoms with E-state index in [0.29, 0.717) is 0 Å². The van der Waals surface area contributed by atoms with Crippen molar-refractivity contribution >= 4 is 36.1 Å². The van der Waals surface area contributed by atoms with Crippen molar-refractivity contribution in [3.63, 3.8) is 0 Å². The van der Waals surface area contributed by atoms with E-state index in [9.17, 15) is 0 Å². The fourth-order valence-corrected chi connectivity index (χ4v) is 0.956. The van der Waals surface area contributed by atoms with Crippen molar-refractivity contribution in [1.29, 1.82) is 0 Å². The quantitative estimate of drug-likeness (QED) is 0.314. The molecule has 88 valence electrons. The second kappa shape index (κ2) is 13.0. The molecule has 0 radical (unpaired) electrons. The van der Waals surface area contributed by atoms with Gasteiger partial charge in [-0.05, 0) is 0 Å². The molecule has 0 spiro atoms. The maximum absolute atomic E-state index is 3.72. The van der Waals surface area contributed by atoms with Crippen molar-refractivity contribution < 1.29 is 14.9 Å². The van der Waals surface area contributed by atoms with Gasteiger partial charge < -0.3 is 0 Å². The van der Waals surface area contributed by atoms with Crippen LogP contribution in [0.3, 0.4) is 0 Å². The Hall–Kier alpha value is 0.523. The predicted octanol–water partition coefficient (Wildman–Crippen LogP) is 5.51. The normalized spacial score (nSPS) is 7.65. The van der Waals surface area contributed by atoms with Crippen LogP contribution in [0.15, 0.2) is 60.7 Å². The van der Waals surface area contributed by atoms with Crippen molar-refractivity contribution in [1.82, 2.24) is 0 Å². The van der Waals surface area contributed by atoms with Crippen molar-refractivity contribution in [2.75, 3.05) is 0 Å². The third-order valence-electron chi connectivity index (χ3n) is 1.69. The summed E-state index contributed by atoms with van der Waals surface area (Å²) in [5.74, 6) is 0. The van der Waals surface area contributed by atoms with Crippen molar-refractivity contribution in [3.05, 3.63) is 85.6 Å². The average molecular weight is 527 g/mol. The topological polar surface area (TPSA) is 0 Å². The van der Waals surface area contributed by atoms with Gasteiger partial charge in [-0.1, -0.05) is 12.1 Å². The Labute approximate surface area is 135 Å². The van der Waals surface area contributed by atoms with Crippen LogP contribution in [0.2, 0.25) is 0 Å². The number of hydrogen-bond acceptors (Lipinski definition) is 0. The van der Waals surface area contributed by atoms with E-state index in [1.165, 1.54) is 0 Å². The van der Waals surface area contributed by atoms with Gasteiger partial charge in [-0.15, -0.1) is 24.3 Å². The molecule has 0 amide bonds. The molecular formula is C14H14I2Zr. The molecule has 0 unspecified atom stereocenters. The molecule has 0 fully saturated rings. The number of benzene rings is 2. The standard InChI is InChI=1S/2C7H7.2HI.Zr/c2*1-7-5-3-2-4-6-7;;;/h2*2-6H,1H2;2*1H;/q2*-1;;;+4/p-2. The van der Waals surface area contributed by atoms with Crippen molar-refractivity contribution in [2.45, 2.75) is 0 Å². The fraction of sp³-hybridized carbons (Fsp3) is 0. The van der Waals surface area contributed by atoms with Crippen LogP contribution in [-0.4, -0.2) is 0 Å². The van der Waals surface area contributed by atoms with Crippen molar-refractivity contribution in [3.8, 4) is 0 Å². The summed E-state index contributed by atoms with van der Waals surface area (Å²) in [4.78, 5) is 0. The third kappa shape index (κ3) is 12.8. The van der Waals surface area contributed by atoms with E-state index in [2.05, 4.69) is 49.9 Å². The van der Waals surface area contributed by atoms with Crippen molar-refractivity contribution in [2.24, 2.45) is 0 Å². The molecule has 0 atom stereocenters. The van der Waals surface area contributed by atoms with Gasteiger partial charge in [-0.25, -0.2) is 0 Å². The van der Waals surface area contributed by atoms with Gasteiger partial charge in [-0.2, -0.15) is 49.2 Å². The zero-order valence-corrected chi connectivity index (χ0v) is 16.2. The van der Waals surface area contributed by atoms with E-state index >= 15 is 0 Å². The molecule has 0 N–H and O–H groups in total. The summed E-state index contributed by atoms with van der Waals surface area (Å²) in [7, 11) is 0. The minimum atomic E-state index is 0.170. The van der Waals surface area contributed by atoms with E-state index in [1.54, 1.807) is 0 Å². The Morgan fingerprint density at radius 2 is 0.882 bits per heavy atom. The number of halogens is 2. The number of rotatable bonds is 0. The zero-order chi connectivity index (χ0) is 12.9. The second-order valence-electron chi connectivity index (χ2n) is 3.04. The molecule has 2 aromatic carbocycles. The van der Waals surface area contributed by atoms with Crippen LogP contribution in [0.25, 0.3) is 0 Å². The Kier molecular flexibility index (Phi) is 13.4. The predicted molar refractivity (Wildman–Crippen MR) is 89.8 cm³/mol. The molecule has 0 aliphatic heterocycles. The monoisotopic (exact) mass is 526 g/mol. The summed E-state index contributed by atoms with van der Waals surface area (Å²) in [6, 6.07) is 19.7. The molecule has 0 aromatic heterocycles. The van der Waals surface area contributed by atoms with Crippen LogP contribution in [-0.2, 0) is 14.9 Å². The van der Waals surface area contributed by atoms with Gasteiger partial charge in [0.15, 0.2) is 0 Å². The van der Waals surface area contributed by atoms with E-state index < -0.39 is 0 Å². The Bertz CT molecular complexity index is 325. The molecule has 0 nitrogen and oxygen atoms in total. The van der Waals surface area contributed by atoms with Crippen LogP contribution in [0.1, 0.15) is 11.1 Å². The summed E-state index contributed by atoms with van der Waals surface area (Å²) >= 11 is 5.06. The molecule has 0 aliphatic carbocycles. The first-order valence-corrected chi connectivity index (χ1v) is 19.5. The SMILES string of the molecule is [CH2-]c1ccccc1.[CH2-]c1ccccc1.[I][Zr+2][I]. The minimum absolute atomic E-state index is 0.170. The Morgan fingerprint density at radius 1 is 0.647 bits per heavy atom. The van der Waals surface area contributed by atoms with Gasteiger partial charge in [0.2, 0.25) is 0 Å². The molecule has 0 heterocycles. The van der Waals surface area contributed by atoms with Crippen LogP contribution < -0.4 is 0 Å². The maximum atomic E-state index is 3.72. The second-order valence-corrected chi connectivity index (χ2v) is 22.0. The molecule has 0 aliphatic rings. The van der Waals surface area contributed by atoms with E-state index in [4.69, 9.17) is 0 Å². The van der Waals surface area contributed by atoms with Crippen LogP contribution in [0, 0.1) is 13.8 Å². The molecule has 2 aromatic rings. The van der Waals surface area contributed by atoms with E-state index in [-0.39, 0.29) is 14.9 Å². The summed E-state index contributed by atoms with van der Waals surface area (Å²) in [6.45, 7) is 7.44. The van der Waals surface area contributed by atoms with Gasteiger partial charge in [-0.3, -0.25) is 0 Å². The van der Waals surface area contributed by atoms with Gasteiger partial charge in [0.05, 0.1) is 0 Å².